The van der Waals surface area contributed by atoms with Crippen LogP contribution in [0.3, 0.4) is 0 Å². The van der Waals surface area contributed by atoms with Gasteiger partial charge in [-0.25, -0.2) is 0 Å². The van der Waals surface area contributed by atoms with Gasteiger partial charge in [-0.3, -0.25) is 0 Å². The molecule has 2 atom stereocenters. The molecule has 80 valence electrons. The average molecular weight is 188 g/mol. The van der Waals surface area contributed by atoms with E-state index in [1.165, 1.54) is 0 Å². The molecule has 0 aromatic rings. The largest absolute Gasteiger partial charge is 0.393 e. The zero-order valence-electron chi connectivity index (χ0n) is 9.38. The van der Waals surface area contributed by atoms with Gasteiger partial charge >= 0.3 is 0 Å². The third kappa shape index (κ3) is 4.63. The van der Waals surface area contributed by atoms with Gasteiger partial charge in [-0.05, 0) is 31.1 Å². The molecule has 0 spiro atoms. The fraction of sp³-hybridized carbons (Fsp3) is 1.00. The Kier molecular flexibility index (Phi) is 5.57. The number of rotatable bonds is 6. The number of hydrogen-bond donors (Lipinski definition) is 2. The summed E-state index contributed by atoms with van der Waals surface area (Å²) < 4.78 is 0. The van der Waals surface area contributed by atoms with E-state index in [1.807, 2.05) is 13.8 Å². The van der Waals surface area contributed by atoms with Crippen molar-refractivity contribution in [2.24, 2.45) is 5.41 Å². The SMILES string of the molecule is CCC(O)CCC(C)(C)C(O)CC. The summed E-state index contributed by atoms with van der Waals surface area (Å²) in [6.45, 7) is 8.09. The van der Waals surface area contributed by atoms with E-state index in [1.54, 1.807) is 0 Å². The van der Waals surface area contributed by atoms with E-state index in [0.717, 1.165) is 25.7 Å². The zero-order valence-corrected chi connectivity index (χ0v) is 9.38. The highest BCUT2D eigenvalue weighted by Crippen LogP contribution is 2.29. The van der Waals surface area contributed by atoms with Crippen molar-refractivity contribution in [3.63, 3.8) is 0 Å². The molecule has 0 aliphatic heterocycles. The Bertz CT molecular complexity index is 132. The molecule has 13 heavy (non-hydrogen) atoms. The predicted molar refractivity (Wildman–Crippen MR) is 55.6 cm³/mol. The van der Waals surface area contributed by atoms with Crippen LogP contribution in [0.2, 0.25) is 0 Å². The van der Waals surface area contributed by atoms with E-state index in [9.17, 15) is 10.2 Å². The van der Waals surface area contributed by atoms with Crippen LogP contribution in [0.15, 0.2) is 0 Å². The maximum Gasteiger partial charge on any atom is 0.0588 e. The first-order chi connectivity index (χ1) is 5.94. The summed E-state index contributed by atoms with van der Waals surface area (Å²) in [6, 6.07) is 0. The molecule has 0 fully saturated rings. The number of aliphatic hydroxyl groups excluding tert-OH is 2. The van der Waals surface area contributed by atoms with Crippen molar-refractivity contribution >= 4 is 0 Å². The molecule has 0 saturated heterocycles. The molecule has 0 bridgehead atoms. The smallest absolute Gasteiger partial charge is 0.0588 e. The summed E-state index contributed by atoms with van der Waals surface area (Å²) in [6.07, 6.45) is 2.81. The van der Waals surface area contributed by atoms with E-state index >= 15 is 0 Å². The van der Waals surface area contributed by atoms with Crippen molar-refractivity contribution < 1.29 is 10.2 Å². The van der Waals surface area contributed by atoms with E-state index < -0.39 is 0 Å². The Morgan fingerprint density at radius 1 is 1.08 bits per heavy atom. The summed E-state index contributed by atoms with van der Waals surface area (Å²) in [7, 11) is 0. The lowest BCUT2D eigenvalue weighted by molar-refractivity contribution is 0.0285. The molecule has 0 aliphatic rings. The monoisotopic (exact) mass is 188 g/mol. The highest BCUT2D eigenvalue weighted by Gasteiger charge is 2.26. The van der Waals surface area contributed by atoms with Crippen LogP contribution in [0, 0.1) is 5.41 Å². The summed E-state index contributed by atoms with van der Waals surface area (Å²) in [5, 5.41) is 19.1. The van der Waals surface area contributed by atoms with Gasteiger partial charge in [0.25, 0.3) is 0 Å². The van der Waals surface area contributed by atoms with Crippen molar-refractivity contribution in [2.45, 2.75) is 65.6 Å². The van der Waals surface area contributed by atoms with E-state index in [0.29, 0.717) is 0 Å². The molecule has 0 saturated carbocycles. The number of hydrogen-bond acceptors (Lipinski definition) is 2. The zero-order chi connectivity index (χ0) is 10.5. The third-order valence-corrected chi connectivity index (χ3v) is 2.88. The molecule has 2 nitrogen and oxygen atoms in total. The summed E-state index contributed by atoms with van der Waals surface area (Å²) in [4.78, 5) is 0. The Morgan fingerprint density at radius 2 is 1.62 bits per heavy atom. The quantitative estimate of drug-likeness (QED) is 0.671. The Labute approximate surface area is 82.0 Å². The maximum atomic E-state index is 9.69. The van der Waals surface area contributed by atoms with Gasteiger partial charge in [-0.1, -0.05) is 27.7 Å². The van der Waals surface area contributed by atoms with E-state index in [4.69, 9.17) is 0 Å². The van der Waals surface area contributed by atoms with Crippen molar-refractivity contribution in [3.05, 3.63) is 0 Å². The fourth-order valence-corrected chi connectivity index (χ4v) is 1.46. The molecule has 0 aromatic carbocycles. The van der Waals surface area contributed by atoms with Crippen LogP contribution in [0.1, 0.15) is 53.4 Å². The minimum absolute atomic E-state index is 0.0646. The molecule has 2 unspecified atom stereocenters. The Balaban J connectivity index is 3.88. The second-order valence-electron chi connectivity index (χ2n) is 4.51. The first kappa shape index (κ1) is 12.9. The van der Waals surface area contributed by atoms with Crippen LogP contribution >= 0.6 is 0 Å². The predicted octanol–water partition coefficient (Wildman–Crippen LogP) is 2.33. The molecular weight excluding hydrogens is 164 g/mol. The normalized spacial score (nSPS) is 17.1. The van der Waals surface area contributed by atoms with Gasteiger partial charge in [0, 0.05) is 0 Å². The second-order valence-corrected chi connectivity index (χ2v) is 4.51. The van der Waals surface area contributed by atoms with Gasteiger partial charge in [-0.2, -0.15) is 0 Å². The van der Waals surface area contributed by atoms with Crippen LogP contribution in [0.4, 0.5) is 0 Å². The third-order valence-electron chi connectivity index (χ3n) is 2.88. The lowest BCUT2D eigenvalue weighted by Crippen LogP contribution is -2.29. The molecule has 0 amide bonds. The minimum atomic E-state index is -0.253. The van der Waals surface area contributed by atoms with E-state index in [-0.39, 0.29) is 17.6 Å². The van der Waals surface area contributed by atoms with Crippen molar-refractivity contribution in [1.82, 2.24) is 0 Å². The molecule has 0 radical (unpaired) electrons. The topological polar surface area (TPSA) is 40.5 Å². The van der Waals surface area contributed by atoms with Crippen molar-refractivity contribution in [1.29, 1.82) is 0 Å². The summed E-state index contributed by atoms with van der Waals surface area (Å²) in [5.41, 5.74) is -0.0646. The molecule has 0 aliphatic carbocycles. The van der Waals surface area contributed by atoms with Gasteiger partial charge in [0.05, 0.1) is 12.2 Å². The van der Waals surface area contributed by atoms with Gasteiger partial charge in [0.1, 0.15) is 0 Å². The first-order valence-electron chi connectivity index (χ1n) is 5.30. The molecular formula is C11H24O2. The van der Waals surface area contributed by atoms with Crippen LogP contribution in [-0.2, 0) is 0 Å². The standard InChI is InChI=1S/C11H24O2/c1-5-9(12)7-8-11(3,4)10(13)6-2/h9-10,12-13H,5-8H2,1-4H3. The van der Waals surface area contributed by atoms with Crippen LogP contribution < -0.4 is 0 Å². The highest BCUT2D eigenvalue weighted by molar-refractivity contribution is 4.77. The van der Waals surface area contributed by atoms with Gasteiger partial charge in [-0.15, -0.1) is 0 Å². The minimum Gasteiger partial charge on any atom is -0.393 e. The lowest BCUT2D eigenvalue weighted by Gasteiger charge is -2.30. The van der Waals surface area contributed by atoms with Gasteiger partial charge in [0.2, 0.25) is 0 Å². The summed E-state index contributed by atoms with van der Waals surface area (Å²) >= 11 is 0. The molecule has 0 rings (SSSR count). The van der Waals surface area contributed by atoms with Crippen molar-refractivity contribution in [3.8, 4) is 0 Å². The molecule has 2 heteroatoms. The van der Waals surface area contributed by atoms with Crippen LogP contribution in [-0.4, -0.2) is 22.4 Å². The number of aliphatic hydroxyl groups is 2. The molecule has 0 heterocycles. The maximum absolute atomic E-state index is 9.69. The van der Waals surface area contributed by atoms with Gasteiger partial charge < -0.3 is 10.2 Å². The average Bonchev–Trinajstić information content (AvgIpc) is 2.12. The molecule has 2 N–H and O–H groups in total. The van der Waals surface area contributed by atoms with Crippen LogP contribution in [0.5, 0.6) is 0 Å². The fourth-order valence-electron chi connectivity index (χ4n) is 1.46. The molecule has 0 aromatic heterocycles. The van der Waals surface area contributed by atoms with Crippen LogP contribution in [0.25, 0.3) is 0 Å². The second kappa shape index (κ2) is 5.61. The van der Waals surface area contributed by atoms with Gasteiger partial charge in [0.15, 0.2) is 0 Å². The van der Waals surface area contributed by atoms with E-state index in [2.05, 4.69) is 13.8 Å². The Hall–Kier alpha value is -0.0800. The highest BCUT2D eigenvalue weighted by atomic mass is 16.3. The Morgan fingerprint density at radius 3 is 2.00 bits per heavy atom. The first-order valence-corrected chi connectivity index (χ1v) is 5.30. The summed E-state index contributed by atoms with van der Waals surface area (Å²) in [5.74, 6) is 0. The lowest BCUT2D eigenvalue weighted by atomic mass is 9.80. The van der Waals surface area contributed by atoms with Crippen molar-refractivity contribution in [2.75, 3.05) is 0 Å².